The van der Waals surface area contributed by atoms with E-state index >= 15 is 0 Å². The maximum Gasteiger partial charge on any atom is 0.226 e. The molecular weight excluding hydrogens is 311 g/mol. The zero-order valence-corrected chi connectivity index (χ0v) is 13.4. The zero-order valence-electron chi connectivity index (χ0n) is 12.6. The molecule has 1 unspecified atom stereocenters. The fraction of sp³-hybridized carbons (Fsp3) is 0.278. The first-order chi connectivity index (χ1) is 11.3. The van der Waals surface area contributed by atoms with Crippen molar-refractivity contribution < 1.29 is 8.81 Å². The Kier molecular flexibility index (Phi) is 3.97. The van der Waals surface area contributed by atoms with Gasteiger partial charge >= 0.3 is 0 Å². The lowest BCUT2D eigenvalue weighted by molar-refractivity contribution is 0.248. The van der Waals surface area contributed by atoms with Gasteiger partial charge in [0.25, 0.3) is 0 Å². The Morgan fingerprint density at radius 1 is 1.26 bits per heavy atom. The molecule has 5 heteroatoms. The van der Waals surface area contributed by atoms with E-state index in [9.17, 15) is 4.39 Å². The molecule has 0 saturated carbocycles. The molecule has 1 aliphatic heterocycles. The number of halogens is 1. The Morgan fingerprint density at radius 3 is 2.91 bits per heavy atom. The van der Waals surface area contributed by atoms with Crippen molar-refractivity contribution in [2.45, 2.75) is 25.4 Å². The second kappa shape index (κ2) is 6.26. The molecule has 0 N–H and O–H groups in total. The van der Waals surface area contributed by atoms with E-state index in [4.69, 9.17) is 4.42 Å². The second-order valence-corrected chi connectivity index (χ2v) is 6.77. The normalized spacial score (nSPS) is 18.6. The van der Waals surface area contributed by atoms with E-state index < -0.39 is 0 Å². The number of benzene rings is 1. The molecular formula is C18H17FN2OS. The third-order valence-electron chi connectivity index (χ3n) is 4.24. The lowest BCUT2D eigenvalue weighted by Crippen LogP contribution is -2.22. The Hall–Kier alpha value is -1.98. The highest BCUT2D eigenvalue weighted by molar-refractivity contribution is 7.10. The zero-order chi connectivity index (χ0) is 15.6. The molecule has 2 aromatic heterocycles. The van der Waals surface area contributed by atoms with Gasteiger partial charge in [-0.1, -0.05) is 6.07 Å². The number of hydrogen-bond donors (Lipinski definition) is 0. The van der Waals surface area contributed by atoms with E-state index in [1.165, 1.54) is 29.9 Å². The number of oxazole rings is 1. The lowest BCUT2D eigenvalue weighted by Gasteiger charge is -2.22. The molecule has 0 bridgehead atoms. The number of aromatic nitrogens is 1. The van der Waals surface area contributed by atoms with Crippen LogP contribution in [-0.4, -0.2) is 16.4 Å². The second-order valence-electron chi connectivity index (χ2n) is 5.79. The van der Waals surface area contributed by atoms with Crippen LogP contribution < -0.4 is 0 Å². The smallest absolute Gasteiger partial charge is 0.226 e. The van der Waals surface area contributed by atoms with Crippen LogP contribution in [0.2, 0.25) is 0 Å². The van der Waals surface area contributed by atoms with Crippen molar-refractivity contribution in [2.75, 3.05) is 6.54 Å². The first kappa shape index (κ1) is 14.6. The van der Waals surface area contributed by atoms with Crippen LogP contribution in [0.25, 0.3) is 11.5 Å². The third kappa shape index (κ3) is 3.07. The highest BCUT2D eigenvalue weighted by Crippen LogP contribution is 2.35. The van der Waals surface area contributed by atoms with E-state index in [1.807, 2.05) is 11.3 Å². The quantitative estimate of drug-likeness (QED) is 0.683. The Morgan fingerprint density at radius 2 is 2.13 bits per heavy atom. The minimum Gasteiger partial charge on any atom is -0.444 e. The molecule has 3 aromatic rings. The van der Waals surface area contributed by atoms with Gasteiger partial charge in [0.15, 0.2) is 0 Å². The predicted molar refractivity (Wildman–Crippen MR) is 88.6 cm³/mol. The van der Waals surface area contributed by atoms with Crippen molar-refractivity contribution in [3.63, 3.8) is 0 Å². The van der Waals surface area contributed by atoms with Crippen molar-refractivity contribution in [2.24, 2.45) is 0 Å². The molecule has 23 heavy (non-hydrogen) atoms. The fourth-order valence-corrected chi connectivity index (χ4v) is 4.03. The van der Waals surface area contributed by atoms with Gasteiger partial charge in [-0.05, 0) is 55.1 Å². The fourth-order valence-electron chi connectivity index (χ4n) is 3.13. The van der Waals surface area contributed by atoms with Gasteiger partial charge in [-0.25, -0.2) is 9.37 Å². The Bertz CT molecular complexity index is 767. The van der Waals surface area contributed by atoms with Gasteiger partial charge < -0.3 is 4.42 Å². The third-order valence-corrected chi connectivity index (χ3v) is 5.22. The average Bonchev–Trinajstić information content (AvgIpc) is 3.29. The van der Waals surface area contributed by atoms with Crippen LogP contribution in [0.3, 0.4) is 0 Å². The van der Waals surface area contributed by atoms with Crippen LogP contribution in [0, 0.1) is 5.82 Å². The summed E-state index contributed by atoms with van der Waals surface area (Å²) in [6.45, 7) is 1.87. The summed E-state index contributed by atoms with van der Waals surface area (Å²) in [5.74, 6) is 0.295. The van der Waals surface area contributed by atoms with Crippen LogP contribution in [0.1, 0.15) is 29.5 Å². The summed E-state index contributed by atoms with van der Waals surface area (Å²) in [5, 5.41) is 2.13. The van der Waals surface area contributed by atoms with Crippen molar-refractivity contribution in [3.05, 3.63) is 64.4 Å². The summed E-state index contributed by atoms with van der Waals surface area (Å²) in [6.07, 6.45) is 4.12. The maximum absolute atomic E-state index is 13.0. The molecule has 1 aromatic carbocycles. The predicted octanol–water partition coefficient (Wildman–Crippen LogP) is 4.88. The van der Waals surface area contributed by atoms with Gasteiger partial charge in [-0.2, -0.15) is 0 Å². The number of hydrogen-bond acceptors (Lipinski definition) is 4. The molecule has 1 atom stereocenters. The number of rotatable bonds is 4. The maximum atomic E-state index is 13.0. The molecule has 1 fully saturated rings. The van der Waals surface area contributed by atoms with Crippen LogP contribution in [0.4, 0.5) is 4.39 Å². The number of thiophene rings is 1. The lowest BCUT2D eigenvalue weighted by atomic mass is 10.2. The number of nitrogens with zero attached hydrogens (tertiary/aromatic N) is 2. The van der Waals surface area contributed by atoms with E-state index in [0.29, 0.717) is 11.9 Å². The van der Waals surface area contributed by atoms with Gasteiger partial charge in [0.2, 0.25) is 5.89 Å². The highest BCUT2D eigenvalue weighted by Gasteiger charge is 2.27. The first-order valence-electron chi connectivity index (χ1n) is 7.77. The summed E-state index contributed by atoms with van der Waals surface area (Å²) in [4.78, 5) is 8.44. The van der Waals surface area contributed by atoms with E-state index in [1.54, 1.807) is 18.4 Å². The van der Waals surface area contributed by atoms with Gasteiger partial charge in [0.05, 0.1) is 5.69 Å². The summed E-state index contributed by atoms with van der Waals surface area (Å²) >= 11 is 1.82. The van der Waals surface area contributed by atoms with Crippen molar-refractivity contribution in [1.82, 2.24) is 9.88 Å². The average molecular weight is 328 g/mol. The van der Waals surface area contributed by atoms with Crippen molar-refractivity contribution >= 4 is 11.3 Å². The molecule has 1 aliphatic rings. The minimum atomic E-state index is -0.253. The molecule has 3 heterocycles. The van der Waals surface area contributed by atoms with Crippen LogP contribution in [-0.2, 0) is 6.54 Å². The van der Waals surface area contributed by atoms with E-state index in [0.717, 1.165) is 24.3 Å². The van der Waals surface area contributed by atoms with Crippen molar-refractivity contribution in [1.29, 1.82) is 0 Å². The minimum absolute atomic E-state index is 0.253. The molecule has 1 saturated heterocycles. The summed E-state index contributed by atoms with van der Waals surface area (Å²) in [5.41, 5.74) is 1.72. The molecule has 0 amide bonds. The molecule has 3 nitrogen and oxygen atoms in total. The summed E-state index contributed by atoms with van der Waals surface area (Å²) < 4.78 is 18.6. The van der Waals surface area contributed by atoms with Gasteiger partial charge in [-0.3, -0.25) is 4.90 Å². The topological polar surface area (TPSA) is 29.3 Å². The van der Waals surface area contributed by atoms with Gasteiger partial charge in [0.1, 0.15) is 12.1 Å². The van der Waals surface area contributed by atoms with E-state index in [2.05, 4.69) is 27.4 Å². The molecule has 118 valence electrons. The molecule has 0 aliphatic carbocycles. The Balaban J connectivity index is 1.50. The number of likely N-dealkylation sites (tertiary alicyclic amines) is 1. The van der Waals surface area contributed by atoms with Crippen LogP contribution >= 0.6 is 11.3 Å². The highest BCUT2D eigenvalue weighted by atomic mass is 32.1. The molecule has 0 radical (unpaired) electrons. The molecule has 0 spiro atoms. The van der Waals surface area contributed by atoms with E-state index in [-0.39, 0.29) is 5.82 Å². The SMILES string of the molecule is Fc1ccc(-c2nc(CN3CCCC3c3cccs3)co2)cc1. The van der Waals surface area contributed by atoms with Gasteiger partial charge in [-0.15, -0.1) is 11.3 Å². The summed E-state index contributed by atoms with van der Waals surface area (Å²) in [6, 6.07) is 11.0. The summed E-state index contributed by atoms with van der Waals surface area (Å²) in [7, 11) is 0. The van der Waals surface area contributed by atoms with Crippen LogP contribution in [0.15, 0.2) is 52.5 Å². The standard InChI is InChI=1S/C18H17FN2OS/c19-14-7-5-13(6-8-14)18-20-15(12-22-18)11-21-9-1-3-16(21)17-4-2-10-23-17/h2,4-8,10,12,16H,1,3,9,11H2. The molecule has 4 rings (SSSR count). The largest absolute Gasteiger partial charge is 0.444 e. The van der Waals surface area contributed by atoms with Crippen molar-refractivity contribution in [3.8, 4) is 11.5 Å². The van der Waals surface area contributed by atoms with Crippen LogP contribution in [0.5, 0.6) is 0 Å². The first-order valence-corrected chi connectivity index (χ1v) is 8.65. The van der Waals surface area contributed by atoms with Gasteiger partial charge in [0, 0.05) is 23.0 Å². The monoisotopic (exact) mass is 328 g/mol. The Labute approximate surface area is 138 Å².